The second-order valence-electron chi connectivity index (χ2n) is 7.64. The van der Waals surface area contributed by atoms with E-state index in [1.807, 2.05) is 18.2 Å². The molecular formula is C24H26N4O3. The fourth-order valence-corrected chi connectivity index (χ4v) is 3.71. The molecule has 3 aromatic rings. The van der Waals surface area contributed by atoms with Crippen molar-refractivity contribution in [2.75, 3.05) is 35.2 Å². The molecule has 7 heteroatoms. The molecule has 1 aliphatic heterocycles. The van der Waals surface area contributed by atoms with Crippen LogP contribution in [0.15, 0.2) is 54.6 Å². The van der Waals surface area contributed by atoms with Crippen LogP contribution in [0.4, 0.5) is 17.2 Å². The minimum atomic E-state index is -0.267. The number of anilines is 3. The summed E-state index contributed by atoms with van der Waals surface area (Å²) < 4.78 is 5.82. The summed E-state index contributed by atoms with van der Waals surface area (Å²) in [5.74, 6) is 1.13. The Morgan fingerprint density at radius 3 is 2.35 bits per heavy atom. The predicted octanol–water partition coefficient (Wildman–Crippen LogP) is 4.20. The number of carbonyl (C=O) groups is 2. The smallest absolute Gasteiger partial charge is 0.262 e. The van der Waals surface area contributed by atoms with Gasteiger partial charge in [-0.25, -0.2) is 4.98 Å². The number of nitrogens with zero attached hydrogens (tertiary/aromatic N) is 2. The number of aromatic nitrogens is 1. The van der Waals surface area contributed by atoms with Crippen molar-refractivity contribution in [3.63, 3.8) is 0 Å². The molecule has 2 heterocycles. The molecule has 0 radical (unpaired) electrons. The van der Waals surface area contributed by atoms with Gasteiger partial charge in [-0.2, -0.15) is 0 Å². The molecule has 0 saturated carbocycles. The third-order valence-electron chi connectivity index (χ3n) is 5.20. The van der Waals surface area contributed by atoms with Gasteiger partial charge in [-0.3, -0.25) is 9.59 Å². The molecule has 2 aromatic carbocycles. The summed E-state index contributed by atoms with van der Waals surface area (Å²) in [4.78, 5) is 30.6. The second-order valence-corrected chi connectivity index (χ2v) is 7.64. The highest BCUT2D eigenvalue weighted by Gasteiger charge is 2.14. The van der Waals surface area contributed by atoms with Gasteiger partial charge in [0, 0.05) is 36.8 Å². The van der Waals surface area contributed by atoms with Gasteiger partial charge in [0.15, 0.2) is 6.61 Å². The highest BCUT2D eigenvalue weighted by Crippen LogP contribution is 2.27. The summed E-state index contributed by atoms with van der Waals surface area (Å²) in [5.41, 5.74) is 2.07. The summed E-state index contributed by atoms with van der Waals surface area (Å²) in [5, 5.41) is 6.47. The number of hydrogen-bond donors (Lipinski definition) is 2. The molecule has 0 bridgehead atoms. The van der Waals surface area contributed by atoms with Gasteiger partial charge in [0.1, 0.15) is 17.1 Å². The van der Waals surface area contributed by atoms with E-state index in [0.717, 1.165) is 29.8 Å². The third-order valence-corrected chi connectivity index (χ3v) is 5.20. The number of para-hydroxylation sites is 1. The number of benzene rings is 2. The Balaban J connectivity index is 1.42. The lowest BCUT2D eigenvalue weighted by Crippen LogP contribution is -2.30. The van der Waals surface area contributed by atoms with Gasteiger partial charge in [0.05, 0.1) is 0 Å². The maximum atomic E-state index is 12.4. The number of carbonyl (C=O) groups excluding carboxylic acids is 2. The van der Waals surface area contributed by atoms with Crippen LogP contribution < -0.4 is 20.3 Å². The van der Waals surface area contributed by atoms with E-state index in [0.29, 0.717) is 17.1 Å². The van der Waals surface area contributed by atoms with Crippen molar-refractivity contribution >= 4 is 39.9 Å². The molecule has 1 saturated heterocycles. The van der Waals surface area contributed by atoms with Gasteiger partial charge in [-0.1, -0.05) is 12.1 Å². The number of amides is 2. The Bertz CT molecular complexity index is 1080. The van der Waals surface area contributed by atoms with Crippen LogP contribution in [0, 0.1) is 0 Å². The van der Waals surface area contributed by atoms with Gasteiger partial charge in [-0.05, 0) is 61.7 Å². The summed E-state index contributed by atoms with van der Waals surface area (Å²) in [6, 6.07) is 16.8. The summed E-state index contributed by atoms with van der Waals surface area (Å²) in [7, 11) is 0. The van der Waals surface area contributed by atoms with E-state index in [2.05, 4.69) is 27.7 Å². The lowest BCUT2D eigenvalue weighted by Gasteiger charge is -2.28. The van der Waals surface area contributed by atoms with E-state index in [1.54, 1.807) is 24.3 Å². The highest BCUT2D eigenvalue weighted by atomic mass is 16.5. The molecule has 1 fully saturated rings. The number of fused-ring (bicyclic) bond motifs is 1. The first-order chi connectivity index (χ1) is 15.1. The molecule has 2 N–H and O–H groups in total. The van der Waals surface area contributed by atoms with Crippen molar-refractivity contribution in [2.45, 2.75) is 26.2 Å². The number of pyridine rings is 1. The molecular weight excluding hydrogens is 392 g/mol. The van der Waals surface area contributed by atoms with Crippen LogP contribution in [-0.2, 0) is 9.59 Å². The van der Waals surface area contributed by atoms with E-state index >= 15 is 0 Å². The lowest BCUT2D eigenvalue weighted by molar-refractivity contribution is -0.118. The van der Waals surface area contributed by atoms with Gasteiger partial charge >= 0.3 is 0 Å². The zero-order chi connectivity index (χ0) is 21.6. The van der Waals surface area contributed by atoms with Crippen LogP contribution in [0.25, 0.3) is 10.9 Å². The number of piperidine rings is 1. The minimum Gasteiger partial charge on any atom is -0.481 e. The van der Waals surface area contributed by atoms with Gasteiger partial charge < -0.3 is 20.3 Å². The van der Waals surface area contributed by atoms with Crippen molar-refractivity contribution in [1.29, 1.82) is 0 Å². The van der Waals surface area contributed by atoms with Gasteiger partial charge in [0.2, 0.25) is 5.91 Å². The quantitative estimate of drug-likeness (QED) is 0.627. The monoisotopic (exact) mass is 418 g/mol. The minimum absolute atomic E-state index is 0.123. The number of rotatable bonds is 6. The molecule has 4 rings (SSSR count). The SMILES string of the molecule is CC(=O)Nc1ccc(NC(=O)COc2cccc3ccc(N4CCCCC4)nc23)cc1. The Morgan fingerprint density at radius 1 is 0.935 bits per heavy atom. The van der Waals surface area contributed by atoms with E-state index in [4.69, 9.17) is 9.72 Å². The van der Waals surface area contributed by atoms with Crippen molar-refractivity contribution in [3.8, 4) is 5.75 Å². The Labute approximate surface area is 181 Å². The maximum Gasteiger partial charge on any atom is 0.262 e. The molecule has 160 valence electrons. The average molecular weight is 418 g/mol. The Hall–Kier alpha value is -3.61. The van der Waals surface area contributed by atoms with Crippen molar-refractivity contribution in [2.24, 2.45) is 0 Å². The van der Waals surface area contributed by atoms with E-state index in [9.17, 15) is 9.59 Å². The van der Waals surface area contributed by atoms with Crippen molar-refractivity contribution in [3.05, 3.63) is 54.6 Å². The summed E-state index contributed by atoms with van der Waals surface area (Å²) in [6.07, 6.45) is 3.64. The molecule has 7 nitrogen and oxygen atoms in total. The zero-order valence-corrected chi connectivity index (χ0v) is 17.6. The van der Waals surface area contributed by atoms with Crippen LogP contribution in [0.5, 0.6) is 5.75 Å². The summed E-state index contributed by atoms with van der Waals surface area (Å²) in [6.45, 7) is 3.36. The molecule has 31 heavy (non-hydrogen) atoms. The molecule has 0 atom stereocenters. The first-order valence-electron chi connectivity index (χ1n) is 10.5. The standard InChI is InChI=1S/C24H26N4O3/c1-17(29)25-19-9-11-20(12-10-19)26-23(30)16-31-21-7-5-6-18-8-13-22(27-24(18)21)28-14-3-2-4-15-28/h5-13H,2-4,14-16H2,1H3,(H,25,29)(H,26,30). The number of ether oxygens (including phenoxy) is 1. The van der Waals surface area contributed by atoms with Crippen molar-refractivity contribution in [1.82, 2.24) is 4.98 Å². The molecule has 0 spiro atoms. The van der Waals surface area contributed by atoms with Gasteiger partial charge in [-0.15, -0.1) is 0 Å². The van der Waals surface area contributed by atoms with Crippen LogP contribution in [0.1, 0.15) is 26.2 Å². The van der Waals surface area contributed by atoms with Crippen LogP contribution in [0.2, 0.25) is 0 Å². The van der Waals surface area contributed by atoms with Crippen LogP contribution in [0.3, 0.4) is 0 Å². The first kappa shape index (κ1) is 20.7. The molecule has 2 amide bonds. The second kappa shape index (κ2) is 9.47. The molecule has 0 unspecified atom stereocenters. The number of hydrogen-bond acceptors (Lipinski definition) is 5. The average Bonchev–Trinajstić information content (AvgIpc) is 2.79. The predicted molar refractivity (Wildman–Crippen MR) is 123 cm³/mol. The number of nitrogens with one attached hydrogen (secondary N) is 2. The zero-order valence-electron chi connectivity index (χ0n) is 17.6. The van der Waals surface area contributed by atoms with E-state index in [-0.39, 0.29) is 18.4 Å². The maximum absolute atomic E-state index is 12.4. The molecule has 0 aliphatic carbocycles. The topological polar surface area (TPSA) is 83.6 Å². The van der Waals surface area contributed by atoms with Crippen LogP contribution in [-0.4, -0.2) is 36.5 Å². The van der Waals surface area contributed by atoms with Gasteiger partial charge in [0.25, 0.3) is 5.91 Å². The van der Waals surface area contributed by atoms with Crippen LogP contribution >= 0.6 is 0 Å². The third kappa shape index (κ3) is 5.31. The fourth-order valence-electron chi connectivity index (χ4n) is 3.71. The van der Waals surface area contributed by atoms with E-state index in [1.165, 1.54) is 26.2 Å². The molecule has 1 aliphatic rings. The van der Waals surface area contributed by atoms with Crippen molar-refractivity contribution < 1.29 is 14.3 Å². The Kier molecular flexibility index (Phi) is 6.31. The summed E-state index contributed by atoms with van der Waals surface area (Å²) >= 11 is 0. The Morgan fingerprint density at radius 2 is 1.65 bits per heavy atom. The fraction of sp³-hybridized carbons (Fsp3) is 0.292. The highest BCUT2D eigenvalue weighted by molar-refractivity contribution is 5.93. The van der Waals surface area contributed by atoms with E-state index < -0.39 is 0 Å². The molecule has 1 aromatic heterocycles. The normalized spacial score (nSPS) is 13.6. The lowest BCUT2D eigenvalue weighted by atomic mass is 10.1. The largest absolute Gasteiger partial charge is 0.481 e. The first-order valence-corrected chi connectivity index (χ1v) is 10.5.